The predicted molar refractivity (Wildman–Crippen MR) is 108 cm³/mol. The fourth-order valence-electron chi connectivity index (χ4n) is 3.13. The van der Waals surface area contributed by atoms with Gasteiger partial charge in [-0.15, -0.1) is 0 Å². The molecular formula is C20H23N5O3. The van der Waals surface area contributed by atoms with E-state index in [4.69, 9.17) is 5.73 Å². The smallest absolute Gasteiger partial charge is 0.321 e. The van der Waals surface area contributed by atoms with E-state index in [1.54, 1.807) is 29.2 Å². The number of benzene rings is 2. The molecule has 5 amide bonds. The number of rotatable bonds is 4. The minimum absolute atomic E-state index is 0.0978. The number of hydrogen-bond acceptors (Lipinski definition) is 3. The summed E-state index contributed by atoms with van der Waals surface area (Å²) in [4.78, 5) is 37.5. The highest BCUT2D eigenvalue weighted by molar-refractivity contribution is 5.95. The van der Waals surface area contributed by atoms with Gasteiger partial charge in [-0.3, -0.25) is 4.79 Å². The number of nitrogens with one attached hydrogen (secondary N) is 3. The van der Waals surface area contributed by atoms with Gasteiger partial charge in [-0.25, -0.2) is 9.59 Å². The van der Waals surface area contributed by atoms with Gasteiger partial charge in [-0.2, -0.15) is 0 Å². The van der Waals surface area contributed by atoms with Crippen LogP contribution in [0, 0.1) is 5.92 Å². The largest absolute Gasteiger partial charge is 0.351 e. The molecule has 2 aromatic carbocycles. The van der Waals surface area contributed by atoms with Gasteiger partial charge in [0.05, 0.1) is 0 Å². The third kappa shape index (κ3) is 5.23. The lowest BCUT2D eigenvalue weighted by Gasteiger charge is -2.31. The highest BCUT2D eigenvalue weighted by atomic mass is 16.2. The molecule has 0 radical (unpaired) electrons. The molecule has 8 heteroatoms. The molecule has 0 saturated carbocycles. The molecule has 1 aliphatic rings. The van der Waals surface area contributed by atoms with Crippen LogP contribution in [0.3, 0.4) is 0 Å². The van der Waals surface area contributed by atoms with Crippen molar-refractivity contribution < 1.29 is 14.4 Å². The molecule has 3 rings (SSSR count). The first-order chi connectivity index (χ1) is 13.5. The van der Waals surface area contributed by atoms with Crippen molar-refractivity contribution in [2.45, 2.75) is 12.8 Å². The highest BCUT2D eigenvalue weighted by Gasteiger charge is 2.27. The number of para-hydroxylation sites is 1. The Morgan fingerprint density at radius 3 is 2.07 bits per heavy atom. The Morgan fingerprint density at radius 1 is 0.821 bits per heavy atom. The van der Waals surface area contributed by atoms with Gasteiger partial charge in [0.1, 0.15) is 0 Å². The van der Waals surface area contributed by atoms with Crippen molar-refractivity contribution in [1.82, 2.24) is 4.90 Å². The van der Waals surface area contributed by atoms with Crippen LogP contribution < -0.4 is 21.7 Å². The summed E-state index contributed by atoms with van der Waals surface area (Å²) in [6, 6.07) is 15.2. The average molecular weight is 381 g/mol. The van der Waals surface area contributed by atoms with Crippen LogP contribution in [-0.2, 0) is 4.79 Å². The number of hydrogen-bond donors (Lipinski definition) is 4. The summed E-state index contributed by atoms with van der Waals surface area (Å²) >= 11 is 0. The summed E-state index contributed by atoms with van der Waals surface area (Å²) < 4.78 is 0. The van der Waals surface area contributed by atoms with E-state index in [0.29, 0.717) is 37.3 Å². The minimum Gasteiger partial charge on any atom is -0.351 e. The van der Waals surface area contributed by atoms with E-state index in [0.717, 1.165) is 5.69 Å². The van der Waals surface area contributed by atoms with Crippen molar-refractivity contribution in [2.24, 2.45) is 11.7 Å². The summed E-state index contributed by atoms with van der Waals surface area (Å²) in [7, 11) is 0. The lowest BCUT2D eigenvalue weighted by Crippen LogP contribution is -2.43. The third-order valence-electron chi connectivity index (χ3n) is 4.58. The summed E-state index contributed by atoms with van der Waals surface area (Å²) in [5, 5.41) is 8.19. The van der Waals surface area contributed by atoms with Crippen molar-refractivity contribution in [3.63, 3.8) is 0 Å². The topological polar surface area (TPSA) is 117 Å². The first-order valence-corrected chi connectivity index (χ1v) is 9.09. The van der Waals surface area contributed by atoms with E-state index in [1.807, 2.05) is 30.3 Å². The Kier molecular flexibility index (Phi) is 6.11. The second kappa shape index (κ2) is 8.90. The molecule has 5 N–H and O–H groups in total. The van der Waals surface area contributed by atoms with Crippen molar-refractivity contribution in [3.05, 3.63) is 54.6 Å². The van der Waals surface area contributed by atoms with E-state index in [9.17, 15) is 14.4 Å². The average Bonchev–Trinajstić information content (AvgIpc) is 2.68. The highest BCUT2D eigenvalue weighted by Crippen LogP contribution is 2.21. The number of amides is 5. The number of primary amides is 1. The fourth-order valence-corrected chi connectivity index (χ4v) is 3.13. The monoisotopic (exact) mass is 381 g/mol. The van der Waals surface area contributed by atoms with E-state index in [-0.39, 0.29) is 17.9 Å². The van der Waals surface area contributed by atoms with Gasteiger partial charge in [0.25, 0.3) is 0 Å². The second-order valence-electron chi connectivity index (χ2n) is 6.62. The number of nitrogens with two attached hydrogens (primary N) is 1. The van der Waals surface area contributed by atoms with Crippen molar-refractivity contribution in [2.75, 3.05) is 29.0 Å². The van der Waals surface area contributed by atoms with E-state index in [2.05, 4.69) is 16.0 Å². The molecule has 0 unspecified atom stereocenters. The Morgan fingerprint density at radius 2 is 1.43 bits per heavy atom. The SMILES string of the molecule is NC(=O)Nc1cccc(NC(=O)C2CCN(C(=O)Nc3ccccc3)CC2)c1. The van der Waals surface area contributed by atoms with Crippen molar-refractivity contribution >= 4 is 35.0 Å². The van der Waals surface area contributed by atoms with Crippen LogP contribution in [-0.4, -0.2) is 36.0 Å². The molecule has 1 fully saturated rings. The molecule has 0 bridgehead atoms. The molecule has 1 heterocycles. The maximum absolute atomic E-state index is 12.5. The normalized spacial score (nSPS) is 14.2. The van der Waals surface area contributed by atoms with Crippen LogP contribution >= 0.6 is 0 Å². The molecule has 0 spiro atoms. The summed E-state index contributed by atoms with van der Waals surface area (Å²) in [6.45, 7) is 1.03. The molecule has 1 saturated heterocycles. The minimum atomic E-state index is -0.662. The number of urea groups is 2. The number of anilines is 3. The quantitative estimate of drug-likeness (QED) is 0.652. The zero-order valence-corrected chi connectivity index (χ0v) is 15.4. The molecule has 8 nitrogen and oxygen atoms in total. The Balaban J connectivity index is 1.50. The van der Waals surface area contributed by atoms with Crippen molar-refractivity contribution in [1.29, 1.82) is 0 Å². The molecule has 28 heavy (non-hydrogen) atoms. The maximum atomic E-state index is 12.5. The number of likely N-dealkylation sites (tertiary alicyclic amines) is 1. The van der Waals surface area contributed by atoms with Gasteiger partial charge in [0.2, 0.25) is 5.91 Å². The molecule has 0 atom stereocenters. The lowest BCUT2D eigenvalue weighted by molar-refractivity contribution is -0.121. The predicted octanol–water partition coefficient (Wildman–Crippen LogP) is 3.06. The van der Waals surface area contributed by atoms with Crippen LogP contribution in [0.5, 0.6) is 0 Å². The standard InChI is InChI=1S/C20H23N5O3/c21-19(27)23-17-8-4-7-16(13-17)22-18(26)14-9-11-25(12-10-14)20(28)24-15-5-2-1-3-6-15/h1-8,13-14H,9-12H2,(H,22,26)(H,24,28)(H3,21,23,27). The van der Waals surface area contributed by atoms with E-state index >= 15 is 0 Å². The zero-order valence-electron chi connectivity index (χ0n) is 15.4. The maximum Gasteiger partial charge on any atom is 0.321 e. The van der Waals surface area contributed by atoms with Crippen LogP contribution in [0.1, 0.15) is 12.8 Å². The summed E-state index contributed by atoms with van der Waals surface area (Å²) in [5.74, 6) is -0.270. The van der Waals surface area contributed by atoms with E-state index < -0.39 is 6.03 Å². The van der Waals surface area contributed by atoms with Crippen LogP contribution in [0.2, 0.25) is 0 Å². The van der Waals surface area contributed by atoms with E-state index in [1.165, 1.54) is 0 Å². The molecule has 1 aliphatic heterocycles. The molecule has 0 aromatic heterocycles. The second-order valence-corrected chi connectivity index (χ2v) is 6.62. The fraction of sp³-hybridized carbons (Fsp3) is 0.250. The summed E-state index contributed by atoms with van der Waals surface area (Å²) in [6.07, 6.45) is 1.18. The van der Waals surface area contributed by atoms with Crippen LogP contribution in [0.15, 0.2) is 54.6 Å². The Labute approximate surface area is 163 Å². The first kappa shape index (κ1) is 19.2. The molecule has 146 valence electrons. The Hall–Kier alpha value is -3.55. The number of carbonyl (C=O) groups is 3. The third-order valence-corrected chi connectivity index (χ3v) is 4.58. The van der Waals surface area contributed by atoms with Gasteiger partial charge in [0.15, 0.2) is 0 Å². The van der Waals surface area contributed by atoms with Gasteiger partial charge < -0.3 is 26.6 Å². The number of piperidine rings is 1. The Bertz CT molecular complexity index is 848. The van der Waals surface area contributed by atoms with Gasteiger partial charge in [-0.05, 0) is 43.2 Å². The van der Waals surface area contributed by atoms with Gasteiger partial charge >= 0.3 is 12.1 Å². The molecular weight excluding hydrogens is 358 g/mol. The summed E-state index contributed by atoms with van der Waals surface area (Å²) in [5.41, 5.74) is 6.95. The van der Waals surface area contributed by atoms with Crippen molar-refractivity contribution in [3.8, 4) is 0 Å². The molecule has 0 aliphatic carbocycles. The van der Waals surface area contributed by atoms with Gasteiger partial charge in [0, 0.05) is 36.1 Å². The van der Waals surface area contributed by atoms with Crippen LogP contribution in [0.25, 0.3) is 0 Å². The number of carbonyl (C=O) groups excluding carboxylic acids is 3. The zero-order chi connectivity index (χ0) is 19.9. The van der Waals surface area contributed by atoms with Crippen LogP contribution in [0.4, 0.5) is 26.7 Å². The number of nitrogens with zero attached hydrogens (tertiary/aromatic N) is 1. The molecule has 2 aromatic rings. The van der Waals surface area contributed by atoms with Gasteiger partial charge in [-0.1, -0.05) is 24.3 Å². The lowest BCUT2D eigenvalue weighted by atomic mass is 9.96. The first-order valence-electron chi connectivity index (χ1n) is 9.09.